The van der Waals surface area contributed by atoms with E-state index in [1.54, 1.807) is 6.21 Å². The molecule has 0 aliphatic heterocycles. The van der Waals surface area contributed by atoms with Crippen molar-refractivity contribution in [2.45, 2.75) is 26.2 Å². The van der Waals surface area contributed by atoms with Crippen LogP contribution in [0.4, 0.5) is 0 Å². The first-order valence-corrected chi connectivity index (χ1v) is 7.40. The first kappa shape index (κ1) is 14.3. The summed E-state index contributed by atoms with van der Waals surface area (Å²) in [7, 11) is 0. The van der Waals surface area contributed by atoms with Crippen LogP contribution in [0, 0.1) is 0 Å². The predicted molar refractivity (Wildman–Crippen MR) is 83.3 cm³/mol. The van der Waals surface area contributed by atoms with Gasteiger partial charge in [-0.25, -0.2) is 5.43 Å². The SMILES string of the molecule is CCOc1ccc(/C=N\NC(=O)c2n[nH]c3c2CCC3)cc1. The second kappa shape index (κ2) is 6.43. The van der Waals surface area contributed by atoms with Gasteiger partial charge in [-0.2, -0.15) is 10.2 Å². The van der Waals surface area contributed by atoms with E-state index in [9.17, 15) is 4.79 Å². The van der Waals surface area contributed by atoms with Crippen molar-refractivity contribution in [3.05, 3.63) is 46.8 Å². The van der Waals surface area contributed by atoms with E-state index in [1.807, 2.05) is 31.2 Å². The highest BCUT2D eigenvalue weighted by Gasteiger charge is 2.22. The van der Waals surface area contributed by atoms with Crippen LogP contribution in [0.1, 0.15) is 40.7 Å². The number of carbonyl (C=O) groups is 1. The Morgan fingerprint density at radius 3 is 3.00 bits per heavy atom. The minimum atomic E-state index is -0.276. The number of rotatable bonds is 5. The number of amides is 1. The van der Waals surface area contributed by atoms with Crippen molar-refractivity contribution in [2.75, 3.05) is 6.61 Å². The van der Waals surface area contributed by atoms with Crippen LogP contribution in [0.5, 0.6) is 5.75 Å². The van der Waals surface area contributed by atoms with Gasteiger partial charge in [0.15, 0.2) is 5.69 Å². The molecule has 22 heavy (non-hydrogen) atoms. The molecule has 0 atom stereocenters. The molecule has 3 rings (SSSR count). The van der Waals surface area contributed by atoms with Gasteiger partial charge in [0.1, 0.15) is 5.75 Å². The first-order valence-electron chi connectivity index (χ1n) is 7.40. The second-order valence-corrected chi connectivity index (χ2v) is 5.08. The predicted octanol–water partition coefficient (Wildman–Crippen LogP) is 2.06. The van der Waals surface area contributed by atoms with Gasteiger partial charge in [0, 0.05) is 11.3 Å². The number of aromatic amines is 1. The van der Waals surface area contributed by atoms with Crippen molar-refractivity contribution in [2.24, 2.45) is 5.10 Å². The molecule has 0 saturated heterocycles. The summed E-state index contributed by atoms with van der Waals surface area (Å²) in [5, 5.41) is 11.0. The van der Waals surface area contributed by atoms with Crippen LogP contribution < -0.4 is 10.2 Å². The van der Waals surface area contributed by atoms with Gasteiger partial charge in [-0.1, -0.05) is 0 Å². The maximum absolute atomic E-state index is 12.1. The minimum Gasteiger partial charge on any atom is -0.494 e. The highest BCUT2D eigenvalue weighted by atomic mass is 16.5. The molecule has 0 spiro atoms. The lowest BCUT2D eigenvalue weighted by molar-refractivity contribution is 0.0949. The largest absolute Gasteiger partial charge is 0.494 e. The van der Waals surface area contributed by atoms with E-state index >= 15 is 0 Å². The molecule has 0 radical (unpaired) electrons. The zero-order valence-corrected chi connectivity index (χ0v) is 12.4. The minimum absolute atomic E-state index is 0.276. The van der Waals surface area contributed by atoms with E-state index in [2.05, 4.69) is 20.7 Å². The lowest BCUT2D eigenvalue weighted by Gasteiger charge is -2.02. The van der Waals surface area contributed by atoms with E-state index in [-0.39, 0.29) is 5.91 Å². The molecule has 0 fully saturated rings. The van der Waals surface area contributed by atoms with E-state index < -0.39 is 0 Å². The molecule has 1 aliphatic carbocycles. The number of carbonyl (C=O) groups excluding carboxylic acids is 1. The molecule has 0 bridgehead atoms. The molecule has 0 unspecified atom stereocenters. The van der Waals surface area contributed by atoms with Gasteiger partial charge in [0.25, 0.3) is 5.91 Å². The average Bonchev–Trinajstić information content (AvgIpc) is 3.12. The standard InChI is InChI=1S/C16H18N4O2/c1-2-22-12-8-6-11(7-9-12)10-17-20-16(21)15-13-4-3-5-14(13)18-19-15/h6-10H,2-5H2,1H3,(H,18,19)(H,20,21)/b17-10-. The summed E-state index contributed by atoms with van der Waals surface area (Å²) in [5.41, 5.74) is 5.95. The maximum atomic E-state index is 12.1. The highest BCUT2D eigenvalue weighted by Crippen LogP contribution is 2.22. The summed E-state index contributed by atoms with van der Waals surface area (Å²) < 4.78 is 5.37. The summed E-state index contributed by atoms with van der Waals surface area (Å²) in [6.07, 6.45) is 4.53. The van der Waals surface area contributed by atoms with Crippen LogP contribution in [0.15, 0.2) is 29.4 Å². The van der Waals surface area contributed by atoms with Gasteiger partial charge in [-0.05, 0) is 56.0 Å². The Balaban J connectivity index is 1.60. The molecule has 2 N–H and O–H groups in total. The Morgan fingerprint density at radius 2 is 2.23 bits per heavy atom. The number of aromatic nitrogens is 2. The maximum Gasteiger partial charge on any atom is 0.292 e. The summed E-state index contributed by atoms with van der Waals surface area (Å²) in [6.45, 7) is 2.58. The third-order valence-electron chi connectivity index (χ3n) is 3.59. The number of aryl methyl sites for hydroxylation is 1. The smallest absolute Gasteiger partial charge is 0.292 e. The number of hydrogen-bond donors (Lipinski definition) is 2. The molecule has 1 aliphatic rings. The number of hydrogen-bond acceptors (Lipinski definition) is 4. The van der Waals surface area contributed by atoms with Crippen molar-refractivity contribution < 1.29 is 9.53 Å². The zero-order valence-electron chi connectivity index (χ0n) is 12.4. The Bertz CT molecular complexity index is 689. The van der Waals surface area contributed by atoms with Crippen LogP contribution >= 0.6 is 0 Å². The Labute approximate surface area is 128 Å². The van der Waals surface area contributed by atoms with Crippen molar-refractivity contribution >= 4 is 12.1 Å². The van der Waals surface area contributed by atoms with Crippen LogP contribution in [-0.2, 0) is 12.8 Å². The summed E-state index contributed by atoms with van der Waals surface area (Å²) in [6, 6.07) is 7.50. The van der Waals surface area contributed by atoms with Gasteiger partial charge >= 0.3 is 0 Å². The molecule has 1 heterocycles. The number of fused-ring (bicyclic) bond motifs is 1. The average molecular weight is 298 g/mol. The van der Waals surface area contributed by atoms with Crippen LogP contribution in [0.3, 0.4) is 0 Å². The highest BCUT2D eigenvalue weighted by molar-refractivity contribution is 5.94. The van der Waals surface area contributed by atoms with Gasteiger partial charge < -0.3 is 4.74 Å². The molecule has 6 heteroatoms. The molecule has 1 amide bonds. The van der Waals surface area contributed by atoms with E-state index in [4.69, 9.17) is 4.74 Å². The molecular weight excluding hydrogens is 280 g/mol. The molecule has 114 valence electrons. The Kier molecular flexibility index (Phi) is 4.18. The second-order valence-electron chi connectivity index (χ2n) is 5.08. The van der Waals surface area contributed by atoms with Crippen molar-refractivity contribution in [1.82, 2.24) is 15.6 Å². The topological polar surface area (TPSA) is 79.4 Å². The summed E-state index contributed by atoms with van der Waals surface area (Å²) >= 11 is 0. The van der Waals surface area contributed by atoms with Crippen LogP contribution in [-0.4, -0.2) is 28.9 Å². The number of nitrogens with zero attached hydrogens (tertiary/aromatic N) is 2. The van der Waals surface area contributed by atoms with E-state index in [0.717, 1.165) is 41.8 Å². The van der Waals surface area contributed by atoms with E-state index in [1.165, 1.54) is 0 Å². The van der Waals surface area contributed by atoms with Gasteiger partial charge in [-0.15, -0.1) is 0 Å². The van der Waals surface area contributed by atoms with Gasteiger partial charge in [-0.3, -0.25) is 9.89 Å². The molecular formula is C16H18N4O2. The Hall–Kier alpha value is -2.63. The zero-order chi connectivity index (χ0) is 15.4. The fourth-order valence-electron chi connectivity index (χ4n) is 2.54. The first-order chi connectivity index (χ1) is 10.8. The van der Waals surface area contributed by atoms with Crippen LogP contribution in [0.2, 0.25) is 0 Å². The van der Waals surface area contributed by atoms with Crippen LogP contribution in [0.25, 0.3) is 0 Å². The molecule has 1 aromatic heterocycles. The fourth-order valence-corrected chi connectivity index (χ4v) is 2.54. The van der Waals surface area contributed by atoms with Gasteiger partial charge in [0.2, 0.25) is 0 Å². The number of benzene rings is 1. The number of ether oxygens (including phenoxy) is 1. The number of nitrogens with one attached hydrogen (secondary N) is 2. The van der Waals surface area contributed by atoms with Gasteiger partial charge in [0.05, 0.1) is 12.8 Å². The molecule has 2 aromatic rings. The number of H-pyrrole nitrogens is 1. The molecule has 1 aromatic carbocycles. The summed E-state index contributed by atoms with van der Waals surface area (Å²) in [4.78, 5) is 12.1. The fraction of sp³-hybridized carbons (Fsp3) is 0.312. The third-order valence-corrected chi connectivity index (χ3v) is 3.59. The quantitative estimate of drug-likeness (QED) is 0.655. The molecule has 0 saturated carbocycles. The summed E-state index contributed by atoms with van der Waals surface area (Å²) in [5.74, 6) is 0.539. The molecule has 6 nitrogen and oxygen atoms in total. The van der Waals surface area contributed by atoms with Crippen molar-refractivity contribution in [1.29, 1.82) is 0 Å². The lowest BCUT2D eigenvalue weighted by atomic mass is 10.2. The Morgan fingerprint density at radius 1 is 1.41 bits per heavy atom. The van der Waals surface area contributed by atoms with E-state index in [0.29, 0.717) is 12.3 Å². The lowest BCUT2D eigenvalue weighted by Crippen LogP contribution is -2.19. The third kappa shape index (κ3) is 3.00. The monoisotopic (exact) mass is 298 g/mol. The van der Waals surface area contributed by atoms with Crippen molar-refractivity contribution in [3.8, 4) is 5.75 Å². The van der Waals surface area contributed by atoms with Crippen molar-refractivity contribution in [3.63, 3.8) is 0 Å². The number of hydrazone groups is 1. The normalized spacial score (nSPS) is 13.3.